The first-order valence-electron chi connectivity index (χ1n) is 5.97. The predicted octanol–water partition coefficient (Wildman–Crippen LogP) is 2.07. The molecule has 0 aliphatic carbocycles. The third-order valence-corrected chi connectivity index (χ3v) is 3.92. The Kier molecular flexibility index (Phi) is 3.15. The van der Waals surface area contributed by atoms with Gasteiger partial charge in [0.1, 0.15) is 5.75 Å². The number of methoxy groups -OCH3 is 1. The topological polar surface area (TPSA) is 30.5 Å². The summed E-state index contributed by atoms with van der Waals surface area (Å²) in [5, 5.41) is 3.40. The molecule has 1 fully saturated rings. The van der Waals surface area contributed by atoms with Crippen molar-refractivity contribution in [1.82, 2.24) is 5.32 Å². The lowest BCUT2D eigenvalue weighted by Crippen LogP contribution is -2.56. The zero-order valence-corrected chi connectivity index (χ0v) is 11.3. The summed E-state index contributed by atoms with van der Waals surface area (Å²) < 4.78 is 10.8. The molecule has 1 saturated heterocycles. The van der Waals surface area contributed by atoms with Gasteiger partial charge in [0.15, 0.2) is 0 Å². The standard InChI is InChI=1S/C14H21NO2/c1-9-6-12(14(15-4)7-17-8-14)10(2)11(3)13(9)16-5/h6,15H,7-8H2,1-5H3. The Morgan fingerprint density at radius 1 is 1.24 bits per heavy atom. The van der Waals surface area contributed by atoms with E-state index in [9.17, 15) is 0 Å². The van der Waals surface area contributed by atoms with Crippen molar-refractivity contribution in [2.75, 3.05) is 27.4 Å². The molecular formula is C14H21NO2. The van der Waals surface area contributed by atoms with Gasteiger partial charge in [0.25, 0.3) is 0 Å². The second kappa shape index (κ2) is 4.31. The lowest BCUT2D eigenvalue weighted by Gasteiger charge is -2.43. The van der Waals surface area contributed by atoms with Crippen LogP contribution in [0.5, 0.6) is 5.75 Å². The van der Waals surface area contributed by atoms with Gasteiger partial charge in [-0.1, -0.05) is 6.07 Å². The molecule has 0 saturated carbocycles. The van der Waals surface area contributed by atoms with E-state index < -0.39 is 0 Å². The van der Waals surface area contributed by atoms with Gasteiger partial charge >= 0.3 is 0 Å². The molecule has 1 aromatic rings. The molecule has 2 rings (SSSR count). The molecule has 3 heteroatoms. The summed E-state index contributed by atoms with van der Waals surface area (Å²) in [6, 6.07) is 2.22. The van der Waals surface area contributed by atoms with Crippen LogP contribution in [0.3, 0.4) is 0 Å². The van der Waals surface area contributed by atoms with E-state index in [1.165, 1.54) is 22.3 Å². The number of nitrogens with one attached hydrogen (secondary N) is 1. The Labute approximate surface area is 103 Å². The van der Waals surface area contributed by atoms with E-state index in [2.05, 4.69) is 32.2 Å². The first-order chi connectivity index (χ1) is 8.05. The fraction of sp³-hybridized carbons (Fsp3) is 0.571. The van der Waals surface area contributed by atoms with Crippen molar-refractivity contribution in [2.45, 2.75) is 26.3 Å². The maximum Gasteiger partial charge on any atom is 0.124 e. The van der Waals surface area contributed by atoms with Crippen LogP contribution >= 0.6 is 0 Å². The number of ether oxygens (including phenoxy) is 2. The van der Waals surface area contributed by atoms with Crippen molar-refractivity contribution in [3.8, 4) is 5.75 Å². The minimum atomic E-state index is -0.00806. The highest BCUT2D eigenvalue weighted by Crippen LogP contribution is 2.37. The van der Waals surface area contributed by atoms with Crippen LogP contribution in [0.15, 0.2) is 6.07 Å². The van der Waals surface area contributed by atoms with Crippen LogP contribution in [0.4, 0.5) is 0 Å². The average molecular weight is 235 g/mol. The summed E-state index contributed by atoms with van der Waals surface area (Å²) in [7, 11) is 3.73. The number of rotatable bonds is 3. The van der Waals surface area contributed by atoms with Crippen LogP contribution in [-0.2, 0) is 10.3 Å². The van der Waals surface area contributed by atoms with E-state index in [4.69, 9.17) is 9.47 Å². The van der Waals surface area contributed by atoms with Crippen molar-refractivity contribution >= 4 is 0 Å². The molecule has 1 heterocycles. The summed E-state index contributed by atoms with van der Waals surface area (Å²) >= 11 is 0. The SMILES string of the molecule is CNC1(c2cc(C)c(OC)c(C)c2C)COC1. The molecule has 1 aromatic carbocycles. The number of aryl methyl sites for hydroxylation is 1. The molecule has 0 aromatic heterocycles. The third-order valence-electron chi connectivity index (χ3n) is 3.92. The highest BCUT2D eigenvalue weighted by atomic mass is 16.5. The normalized spacial score (nSPS) is 17.7. The van der Waals surface area contributed by atoms with Crippen LogP contribution in [0.25, 0.3) is 0 Å². The monoisotopic (exact) mass is 235 g/mol. The van der Waals surface area contributed by atoms with E-state index >= 15 is 0 Å². The smallest absolute Gasteiger partial charge is 0.124 e. The van der Waals surface area contributed by atoms with Crippen LogP contribution in [-0.4, -0.2) is 27.4 Å². The summed E-state index contributed by atoms with van der Waals surface area (Å²) in [4.78, 5) is 0. The predicted molar refractivity (Wildman–Crippen MR) is 68.8 cm³/mol. The molecule has 1 N–H and O–H groups in total. The molecule has 94 valence electrons. The van der Waals surface area contributed by atoms with Crippen LogP contribution < -0.4 is 10.1 Å². The minimum Gasteiger partial charge on any atom is -0.496 e. The van der Waals surface area contributed by atoms with Crippen LogP contribution in [0.1, 0.15) is 22.3 Å². The minimum absolute atomic E-state index is 0.00806. The van der Waals surface area contributed by atoms with Gasteiger partial charge < -0.3 is 14.8 Å². The van der Waals surface area contributed by atoms with Crippen molar-refractivity contribution in [2.24, 2.45) is 0 Å². The Balaban J connectivity index is 2.56. The summed E-state index contributed by atoms with van der Waals surface area (Å²) in [6.45, 7) is 7.86. The Morgan fingerprint density at radius 3 is 2.29 bits per heavy atom. The van der Waals surface area contributed by atoms with E-state index in [-0.39, 0.29) is 5.54 Å². The van der Waals surface area contributed by atoms with Gasteiger partial charge in [0.2, 0.25) is 0 Å². The van der Waals surface area contributed by atoms with Gasteiger partial charge in [-0.2, -0.15) is 0 Å². The van der Waals surface area contributed by atoms with Crippen LogP contribution in [0, 0.1) is 20.8 Å². The average Bonchev–Trinajstić information content (AvgIpc) is 2.25. The van der Waals surface area contributed by atoms with Crippen molar-refractivity contribution in [1.29, 1.82) is 0 Å². The van der Waals surface area contributed by atoms with Crippen molar-refractivity contribution in [3.63, 3.8) is 0 Å². The molecule has 0 unspecified atom stereocenters. The van der Waals surface area contributed by atoms with Gasteiger partial charge in [-0.25, -0.2) is 0 Å². The molecule has 0 bridgehead atoms. The third kappa shape index (κ3) is 1.74. The summed E-state index contributed by atoms with van der Waals surface area (Å²) in [5.74, 6) is 0.998. The molecule has 0 spiro atoms. The van der Waals surface area contributed by atoms with Gasteiger partial charge in [-0.15, -0.1) is 0 Å². The molecule has 0 amide bonds. The lowest BCUT2D eigenvalue weighted by atomic mass is 9.82. The van der Waals surface area contributed by atoms with Gasteiger partial charge in [0.05, 0.1) is 25.9 Å². The molecule has 1 aliphatic rings. The molecule has 0 radical (unpaired) electrons. The molecule has 3 nitrogen and oxygen atoms in total. The fourth-order valence-corrected chi connectivity index (χ4v) is 2.61. The second-order valence-electron chi connectivity index (χ2n) is 4.85. The number of hydrogen-bond donors (Lipinski definition) is 1. The van der Waals surface area contributed by atoms with E-state index in [0.29, 0.717) is 0 Å². The summed E-state index contributed by atoms with van der Waals surface area (Å²) in [5.41, 5.74) is 5.04. The zero-order valence-electron chi connectivity index (χ0n) is 11.3. The first kappa shape index (κ1) is 12.4. The highest BCUT2D eigenvalue weighted by molar-refractivity contribution is 5.51. The molecule has 1 aliphatic heterocycles. The lowest BCUT2D eigenvalue weighted by molar-refractivity contribution is -0.0751. The maximum absolute atomic E-state index is 5.46. The Morgan fingerprint density at radius 2 is 1.88 bits per heavy atom. The summed E-state index contributed by atoms with van der Waals surface area (Å²) in [6.07, 6.45) is 0. The van der Waals surface area contributed by atoms with E-state index in [0.717, 1.165) is 19.0 Å². The Bertz CT molecular complexity index is 431. The van der Waals surface area contributed by atoms with Gasteiger partial charge in [0, 0.05) is 0 Å². The maximum atomic E-state index is 5.46. The Hall–Kier alpha value is -1.06. The second-order valence-corrected chi connectivity index (χ2v) is 4.85. The number of likely N-dealkylation sites (N-methyl/N-ethyl adjacent to an activating group) is 1. The molecule has 17 heavy (non-hydrogen) atoms. The molecule has 0 atom stereocenters. The largest absolute Gasteiger partial charge is 0.496 e. The fourth-order valence-electron chi connectivity index (χ4n) is 2.61. The first-order valence-corrected chi connectivity index (χ1v) is 5.97. The van der Waals surface area contributed by atoms with Crippen LogP contribution in [0.2, 0.25) is 0 Å². The number of hydrogen-bond acceptors (Lipinski definition) is 3. The van der Waals surface area contributed by atoms with E-state index in [1.807, 2.05) is 7.05 Å². The van der Waals surface area contributed by atoms with E-state index in [1.54, 1.807) is 7.11 Å². The highest BCUT2D eigenvalue weighted by Gasteiger charge is 2.40. The van der Waals surface area contributed by atoms with Gasteiger partial charge in [-0.3, -0.25) is 0 Å². The number of benzene rings is 1. The van der Waals surface area contributed by atoms with Crippen molar-refractivity contribution < 1.29 is 9.47 Å². The van der Waals surface area contributed by atoms with Gasteiger partial charge in [-0.05, 0) is 50.1 Å². The van der Waals surface area contributed by atoms with Crippen molar-refractivity contribution in [3.05, 3.63) is 28.3 Å². The molecular weight excluding hydrogens is 214 g/mol. The zero-order chi connectivity index (χ0) is 12.6. The quantitative estimate of drug-likeness (QED) is 0.870.